The lowest BCUT2D eigenvalue weighted by atomic mass is 10.0. The number of carbonyl (C=O) groups is 2. The second-order valence-electron chi connectivity index (χ2n) is 6.48. The summed E-state index contributed by atoms with van der Waals surface area (Å²) >= 11 is 0. The maximum absolute atomic E-state index is 12.6. The van der Waals surface area contributed by atoms with Crippen molar-refractivity contribution >= 4 is 11.9 Å². The van der Waals surface area contributed by atoms with E-state index in [1.54, 1.807) is 4.90 Å². The van der Waals surface area contributed by atoms with Gasteiger partial charge in [0.2, 0.25) is 5.91 Å². The van der Waals surface area contributed by atoms with Crippen LogP contribution in [-0.4, -0.2) is 60.5 Å². The van der Waals surface area contributed by atoms with Crippen molar-refractivity contribution in [1.82, 2.24) is 20.4 Å². The van der Waals surface area contributed by atoms with Gasteiger partial charge in [0.15, 0.2) is 0 Å². The molecule has 0 aliphatic carbocycles. The number of piperidine rings is 1. The van der Waals surface area contributed by atoms with Gasteiger partial charge < -0.3 is 15.5 Å². The zero-order valence-electron chi connectivity index (χ0n) is 14.0. The van der Waals surface area contributed by atoms with Crippen LogP contribution in [-0.2, 0) is 11.3 Å². The number of nitrogens with zero attached hydrogens (tertiary/aromatic N) is 2. The zero-order chi connectivity index (χ0) is 16.8. The summed E-state index contributed by atoms with van der Waals surface area (Å²) in [4.78, 5) is 28.1. The number of hydrogen-bond donors (Lipinski definition) is 2. The normalized spacial score (nSPS) is 21.6. The Hall–Kier alpha value is -2.08. The van der Waals surface area contributed by atoms with Crippen molar-refractivity contribution < 1.29 is 9.59 Å². The molecule has 0 unspecified atom stereocenters. The summed E-state index contributed by atoms with van der Waals surface area (Å²) in [5, 5.41) is 5.78. The van der Waals surface area contributed by atoms with Crippen LogP contribution in [0.15, 0.2) is 30.3 Å². The molecule has 2 aliphatic rings. The van der Waals surface area contributed by atoms with Crippen molar-refractivity contribution in [2.45, 2.75) is 31.8 Å². The van der Waals surface area contributed by atoms with E-state index in [1.165, 1.54) is 5.56 Å². The molecule has 3 rings (SSSR count). The van der Waals surface area contributed by atoms with Gasteiger partial charge >= 0.3 is 6.03 Å². The Morgan fingerprint density at radius 2 is 2.04 bits per heavy atom. The molecule has 130 valence electrons. The number of likely N-dealkylation sites (tertiary alicyclic amines) is 1. The smallest absolute Gasteiger partial charge is 0.317 e. The van der Waals surface area contributed by atoms with Gasteiger partial charge in [-0.15, -0.1) is 0 Å². The molecule has 2 saturated heterocycles. The van der Waals surface area contributed by atoms with E-state index in [0.29, 0.717) is 19.6 Å². The maximum atomic E-state index is 12.6. The van der Waals surface area contributed by atoms with E-state index in [-0.39, 0.29) is 18.0 Å². The van der Waals surface area contributed by atoms with E-state index in [4.69, 9.17) is 0 Å². The SMILES string of the molecule is O=C(NCCN1CCNC1=O)[C@H]1CCCCN1Cc1ccccc1. The molecular formula is C18H26N4O2. The predicted molar refractivity (Wildman–Crippen MR) is 92.5 cm³/mol. The van der Waals surface area contributed by atoms with Crippen molar-refractivity contribution in [3.05, 3.63) is 35.9 Å². The number of urea groups is 1. The van der Waals surface area contributed by atoms with Crippen LogP contribution in [0, 0.1) is 0 Å². The summed E-state index contributed by atoms with van der Waals surface area (Å²) in [6, 6.07) is 10.2. The number of rotatable bonds is 6. The molecular weight excluding hydrogens is 304 g/mol. The lowest BCUT2D eigenvalue weighted by Crippen LogP contribution is -2.50. The zero-order valence-corrected chi connectivity index (χ0v) is 14.0. The quantitative estimate of drug-likeness (QED) is 0.823. The molecule has 6 nitrogen and oxygen atoms in total. The molecule has 1 aromatic rings. The molecule has 6 heteroatoms. The minimum Gasteiger partial charge on any atom is -0.353 e. The van der Waals surface area contributed by atoms with E-state index in [0.717, 1.165) is 38.9 Å². The summed E-state index contributed by atoms with van der Waals surface area (Å²) in [5.41, 5.74) is 1.24. The average molecular weight is 330 g/mol. The van der Waals surface area contributed by atoms with Crippen molar-refractivity contribution in [3.63, 3.8) is 0 Å². The Bertz CT molecular complexity index is 563. The lowest BCUT2D eigenvalue weighted by Gasteiger charge is -2.34. The highest BCUT2D eigenvalue weighted by Gasteiger charge is 2.28. The van der Waals surface area contributed by atoms with Crippen LogP contribution in [0.5, 0.6) is 0 Å². The molecule has 24 heavy (non-hydrogen) atoms. The Morgan fingerprint density at radius 1 is 1.21 bits per heavy atom. The fraction of sp³-hybridized carbons (Fsp3) is 0.556. The van der Waals surface area contributed by atoms with Crippen molar-refractivity contribution in [2.75, 3.05) is 32.7 Å². The minimum atomic E-state index is -0.0636. The number of nitrogens with one attached hydrogen (secondary N) is 2. The van der Waals surface area contributed by atoms with E-state index < -0.39 is 0 Å². The highest BCUT2D eigenvalue weighted by molar-refractivity contribution is 5.82. The molecule has 2 fully saturated rings. The Morgan fingerprint density at radius 3 is 2.79 bits per heavy atom. The predicted octanol–water partition coefficient (Wildman–Crippen LogP) is 1.18. The average Bonchev–Trinajstić information content (AvgIpc) is 3.01. The molecule has 0 saturated carbocycles. The first-order chi connectivity index (χ1) is 11.7. The molecule has 1 atom stereocenters. The molecule has 2 heterocycles. The second kappa shape index (κ2) is 8.15. The first kappa shape index (κ1) is 16.8. The first-order valence-electron chi connectivity index (χ1n) is 8.82. The van der Waals surface area contributed by atoms with Gasteiger partial charge in [-0.2, -0.15) is 0 Å². The van der Waals surface area contributed by atoms with Gasteiger partial charge in [0.1, 0.15) is 0 Å². The highest BCUT2D eigenvalue weighted by Crippen LogP contribution is 2.19. The van der Waals surface area contributed by atoms with Gasteiger partial charge in [0.25, 0.3) is 0 Å². The first-order valence-corrected chi connectivity index (χ1v) is 8.82. The molecule has 2 aliphatic heterocycles. The van der Waals surface area contributed by atoms with Crippen molar-refractivity contribution in [2.24, 2.45) is 0 Å². The van der Waals surface area contributed by atoms with E-state index >= 15 is 0 Å². The van der Waals surface area contributed by atoms with Gasteiger partial charge in [-0.05, 0) is 24.9 Å². The van der Waals surface area contributed by atoms with Crippen LogP contribution >= 0.6 is 0 Å². The lowest BCUT2D eigenvalue weighted by molar-refractivity contribution is -0.127. The van der Waals surface area contributed by atoms with Gasteiger partial charge in [-0.1, -0.05) is 36.8 Å². The van der Waals surface area contributed by atoms with Crippen molar-refractivity contribution in [3.8, 4) is 0 Å². The van der Waals surface area contributed by atoms with Gasteiger partial charge in [-0.25, -0.2) is 4.79 Å². The summed E-state index contributed by atoms with van der Waals surface area (Å²) < 4.78 is 0. The van der Waals surface area contributed by atoms with Crippen molar-refractivity contribution in [1.29, 1.82) is 0 Å². The number of benzene rings is 1. The molecule has 0 spiro atoms. The van der Waals surface area contributed by atoms with Crippen LogP contribution in [0.25, 0.3) is 0 Å². The van der Waals surface area contributed by atoms with Crippen LogP contribution in [0.3, 0.4) is 0 Å². The number of hydrogen-bond acceptors (Lipinski definition) is 3. The van der Waals surface area contributed by atoms with Crippen LogP contribution < -0.4 is 10.6 Å². The van der Waals surface area contributed by atoms with E-state index in [9.17, 15) is 9.59 Å². The summed E-state index contributed by atoms with van der Waals surface area (Å²) in [7, 11) is 0. The molecule has 2 N–H and O–H groups in total. The minimum absolute atomic E-state index is 0.0346. The van der Waals surface area contributed by atoms with Gasteiger partial charge in [0, 0.05) is 32.7 Å². The van der Waals surface area contributed by atoms with E-state index in [2.05, 4.69) is 27.7 Å². The third kappa shape index (κ3) is 4.26. The fourth-order valence-corrected chi connectivity index (χ4v) is 3.45. The standard InChI is InChI=1S/C18H26N4O2/c23-17(19-9-12-21-13-10-20-18(21)24)16-8-4-5-11-22(16)14-15-6-2-1-3-7-15/h1-3,6-7,16H,4-5,8-14H2,(H,19,23)(H,20,24)/t16-/m1/s1. The molecule has 0 aromatic heterocycles. The topological polar surface area (TPSA) is 64.7 Å². The fourth-order valence-electron chi connectivity index (χ4n) is 3.45. The summed E-state index contributed by atoms with van der Waals surface area (Å²) in [6.45, 7) is 4.28. The molecule has 0 bridgehead atoms. The van der Waals surface area contributed by atoms with Crippen LogP contribution in [0.1, 0.15) is 24.8 Å². The number of amides is 3. The van der Waals surface area contributed by atoms with Crippen LogP contribution in [0.2, 0.25) is 0 Å². The molecule has 3 amide bonds. The summed E-state index contributed by atoms with van der Waals surface area (Å²) in [6.07, 6.45) is 3.14. The Balaban J connectivity index is 1.50. The Kier molecular flexibility index (Phi) is 5.69. The molecule has 0 radical (unpaired) electrons. The third-order valence-corrected chi connectivity index (χ3v) is 4.77. The number of carbonyl (C=O) groups excluding carboxylic acids is 2. The monoisotopic (exact) mass is 330 g/mol. The van der Waals surface area contributed by atoms with E-state index in [1.807, 2.05) is 18.2 Å². The Labute approximate surface area is 143 Å². The second-order valence-corrected chi connectivity index (χ2v) is 6.48. The summed E-state index contributed by atoms with van der Waals surface area (Å²) in [5.74, 6) is 0.0882. The molecule has 1 aromatic carbocycles. The largest absolute Gasteiger partial charge is 0.353 e. The van der Waals surface area contributed by atoms with Gasteiger partial charge in [-0.3, -0.25) is 9.69 Å². The highest BCUT2D eigenvalue weighted by atomic mass is 16.2. The maximum Gasteiger partial charge on any atom is 0.317 e. The third-order valence-electron chi connectivity index (χ3n) is 4.77. The van der Waals surface area contributed by atoms with Gasteiger partial charge in [0.05, 0.1) is 6.04 Å². The van der Waals surface area contributed by atoms with Crippen LogP contribution in [0.4, 0.5) is 4.79 Å².